The molecule has 1 N–H and O–H groups in total. The summed E-state index contributed by atoms with van der Waals surface area (Å²) in [6.45, 7) is 4.29. The van der Waals surface area contributed by atoms with Gasteiger partial charge in [-0.25, -0.2) is 9.78 Å². The highest BCUT2D eigenvalue weighted by atomic mass is 32.1. The van der Waals surface area contributed by atoms with Gasteiger partial charge in [0.05, 0.1) is 5.01 Å². The van der Waals surface area contributed by atoms with Crippen molar-refractivity contribution in [3.63, 3.8) is 0 Å². The number of carbonyl (C=O) groups is 2. The number of nitrogens with zero attached hydrogens (tertiary/aromatic N) is 2. The number of piperidine rings is 1. The Balaban J connectivity index is 1.85. The minimum Gasteiger partial charge on any atom is -0.338 e. The number of rotatable bonds is 4. The van der Waals surface area contributed by atoms with Crippen molar-refractivity contribution in [2.24, 2.45) is 0 Å². The van der Waals surface area contributed by atoms with Crippen LogP contribution in [0.25, 0.3) is 0 Å². The van der Waals surface area contributed by atoms with E-state index in [1.807, 2.05) is 11.8 Å². The number of nitrogens with one attached hydrogen (secondary N) is 1. The van der Waals surface area contributed by atoms with Crippen molar-refractivity contribution in [1.29, 1.82) is 0 Å². The van der Waals surface area contributed by atoms with Crippen molar-refractivity contribution in [3.8, 4) is 0 Å². The SMILES string of the molecule is CCCNC(=O)N1CCC(c2nc(C=O)cs2)CC1. The van der Waals surface area contributed by atoms with Crippen LogP contribution < -0.4 is 5.32 Å². The topological polar surface area (TPSA) is 62.3 Å². The fourth-order valence-corrected chi connectivity index (χ4v) is 3.15. The molecule has 2 heterocycles. The zero-order valence-corrected chi connectivity index (χ0v) is 11.9. The third-order valence-electron chi connectivity index (χ3n) is 3.32. The highest BCUT2D eigenvalue weighted by Crippen LogP contribution is 2.29. The summed E-state index contributed by atoms with van der Waals surface area (Å²) in [5, 5.41) is 5.72. The molecule has 1 aromatic heterocycles. The minimum absolute atomic E-state index is 0.0352. The van der Waals surface area contributed by atoms with E-state index in [0.717, 1.165) is 50.2 Å². The van der Waals surface area contributed by atoms with E-state index in [1.165, 1.54) is 0 Å². The van der Waals surface area contributed by atoms with Crippen LogP contribution >= 0.6 is 11.3 Å². The van der Waals surface area contributed by atoms with E-state index in [0.29, 0.717) is 11.6 Å². The summed E-state index contributed by atoms with van der Waals surface area (Å²) in [5.74, 6) is 0.383. The van der Waals surface area contributed by atoms with Gasteiger partial charge in [-0.05, 0) is 19.3 Å². The normalized spacial score (nSPS) is 16.4. The van der Waals surface area contributed by atoms with E-state index in [1.54, 1.807) is 16.7 Å². The minimum atomic E-state index is 0.0352. The first-order valence-corrected chi connectivity index (χ1v) is 7.56. The average Bonchev–Trinajstić information content (AvgIpc) is 2.94. The third kappa shape index (κ3) is 3.53. The van der Waals surface area contributed by atoms with Crippen LogP contribution in [0.5, 0.6) is 0 Å². The monoisotopic (exact) mass is 281 g/mol. The fourth-order valence-electron chi connectivity index (χ4n) is 2.22. The molecule has 1 fully saturated rings. The molecular formula is C13H19N3O2S. The zero-order valence-electron chi connectivity index (χ0n) is 11.1. The number of hydrogen-bond acceptors (Lipinski definition) is 4. The lowest BCUT2D eigenvalue weighted by Crippen LogP contribution is -2.44. The molecule has 1 aliphatic heterocycles. The quantitative estimate of drug-likeness (QED) is 0.861. The van der Waals surface area contributed by atoms with Gasteiger partial charge in [0.25, 0.3) is 0 Å². The van der Waals surface area contributed by atoms with Gasteiger partial charge in [-0.3, -0.25) is 4.79 Å². The molecule has 0 saturated carbocycles. The third-order valence-corrected chi connectivity index (χ3v) is 4.34. The second-order valence-corrected chi connectivity index (χ2v) is 5.61. The van der Waals surface area contributed by atoms with Crippen LogP contribution in [-0.4, -0.2) is 41.8 Å². The molecular weight excluding hydrogens is 262 g/mol. The summed E-state index contributed by atoms with van der Waals surface area (Å²) < 4.78 is 0. The van der Waals surface area contributed by atoms with E-state index in [2.05, 4.69) is 10.3 Å². The van der Waals surface area contributed by atoms with Crippen LogP contribution in [0.4, 0.5) is 4.79 Å². The number of likely N-dealkylation sites (tertiary alicyclic amines) is 1. The number of aromatic nitrogens is 1. The Labute approximate surface area is 117 Å². The molecule has 0 bridgehead atoms. The molecule has 0 atom stereocenters. The molecule has 0 aromatic carbocycles. The zero-order chi connectivity index (χ0) is 13.7. The maximum atomic E-state index is 11.8. The molecule has 5 nitrogen and oxygen atoms in total. The largest absolute Gasteiger partial charge is 0.338 e. The van der Waals surface area contributed by atoms with Gasteiger partial charge in [0.1, 0.15) is 5.69 Å². The van der Waals surface area contributed by atoms with Crippen molar-refractivity contribution in [2.45, 2.75) is 32.1 Å². The summed E-state index contributed by atoms with van der Waals surface area (Å²) in [6.07, 6.45) is 3.58. The van der Waals surface area contributed by atoms with Crippen LogP contribution in [-0.2, 0) is 0 Å². The van der Waals surface area contributed by atoms with Crippen molar-refractivity contribution in [1.82, 2.24) is 15.2 Å². The number of hydrogen-bond donors (Lipinski definition) is 1. The molecule has 2 rings (SSSR count). The van der Waals surface area contributed by atoms with Crippen molar-refractivity contribution >= 4 is 23.7 Å². The lowest BCUT2D eigenvalue weighted by Gasteiger charge is -2.31. The molecule has 6 heteroatoms. The predicted octanol–water partition coefficient (Wildman–Crippen LogP) is 2.25. The Hall–Kier alpha value is -1.43. The number of carbonyl (C=O) groups excluding carboxylic acids is 2. The molecule has 1 saturated heterocycles. The summed E-state index contributed by atoms with van der Waals surface area (Å²) in [7, 11) is 0. The second-order valence-electron chi connectivity index (χ2n) is 4.72. The predicted molar refractivity (Wildman–Crippen MR) is 74.7 cm³/mol. The van der Waals surface area contributed by atoms with E-state index in [-0.39, 0.29) is 6.03 Å². The van der Waals surface area contributed by atoms with Gasteiger partial charge in [-0.1, -0.05) is 6.92 Å². The number of aldehydes is 1. The molecule has 1 aromatic rings. The number of thiazole rings is 1. The number of amides is 2. The molecule has 0 unspecified atom stereocenters. The second kappa shape index (κ2) is 6.65. The highest BCUT2D eigenvalue weighted by Gasteiger charge is 2.25. The lowest BCUT2D eigenvalue weighted by molar-refractivity contribution is 0.111. The Morgan fingerprint density at radius 2 is 2.32 bits per heavy atom. The maximum absolute atomic E-state index is 11.8. The van der Waals surface area contributed by atoms with Gasteiger partial charge in [-0.15, -0.1) is 11.3 Å². The smallest absolute Gasteiger partial charge is 0.317 e. The summed E-state index contributed by atoms with van der Waals surface area (Å²) >= 11 is 1.54. The fraction of sp³-hybridized carbons (Fsp3) is 0.615. The van der Waals surface area contributed by atoms with Gasteiger partial charge in [0.2, 0.25) is 0 Å². The average molecular weight is 281 g/mol. The summed E-state index contributed by atoms with van der Waals surface area (Å²) in [5.41, 5.74) is 0.517. The Kier molecular flexibility index (Phi) is 4.90. The molecule has 0 aliphatic carbocycles. The van der Waals surface area contributed by atoms with Gasteiger partial charge in [-0.2, -0.15) is 0 Å². The van der Waals surface area contributed by atoms with Crippen molar-refractivity contribution < 1.29 is 9.59 Å². The molecule has 1 aliphatic rings. The maximum Gasteiger partial charge on any atom is 0.317 e. The molecule has 0 radical (unpaired) electrons. The van der Waals surface area contributed by atoms with Crippen LogP contribution in [0, 0.1) is 0 Å². The molecule has 104 valence electrons. The highest BCUT2D eigenvalue weighted by molar-refractivity contribution is 7.09. The Morgan fingerprint density at radius 1 is 1.58 bits per heavy atom. The molecule has 0 spiro atoms. The van der Waals surface area contributed by atoms with Gasteiger partial charge in [0.15, 0.2) is 6.29 Å². The van der Waals surface area contributed by atoms with Crippen molar-refractivity contribution in [3.05, 3.63) is 16.1 Å². The molecule has 19 heavy (non-hydrogen) atoms. The summed E-state index contributed by atoms with van der Waals surface area (Å²) in [4.78, 5) is 28.6. The van der Waals surface area contributed by atoms with Gasteiger partial charge >= 0.3 is 6.03 Å². The first-order chi connectivity index (χ1) is 9.24. The summed E-state index contributed by atoms with van der Waals surface area (Å²) in [6, 6.07) is 0.0352. The van der Waals surface area contributed by atoms with E-state index in [9.17, 15) is 9.59 Å². The van der Waals surface area contributed by atoms with Crippen molar-refractivity contribution in [2.75, 3.05) is 19.6 Å². The Morgan fingerprint density at radius 3 is 2.89 bits per heavy atom. The van der Waals surface area contributed by atoms with Crippen LogP contribution in [0.1, 0.15) is 47.6 Å². The van der Waals surface area contributed by atoms with Crippen LogP contribution in [0.2, 0.25) is 0 Å². The van der Waals surface area contributed by atoms with E-state index >= 15 is 0 Å². The van der Waals surface area contributed by atoms with E-state index in [4.69, 9.17) is 0 Å². The Bertz CT molecular complexity index is 439. The van der Waals surface area contributed by atoms with Gasteiger partial charge < -0.3 is 10.2 Å². The van der Waals surface area contributed by atoms with Crippen LogP contribution in [0.15, 0.2) is 5.38 Å². The standard InChI is InChI=1S/C13H19N3O2S/c1-2-5-14-13(18)16-6-3-10(4-7-16)12-15-11(8-17)9-19-12/h8-10H,2-7H2,1H3,(H,14,18). The lowest BCUT2D eigenvalue weighted by atomic mass is 9.98. The first kappa shape index (κ1) is 14.0. The van der Waals surface area contributed by atoms with Crippen LogP contribution in [0.3, 0.4) is 0 Å². The van der Waals surface area contributed by atoms with E-state index < -0.39 is 0 Å². The van der Waals surface area contributed by atoms with Gasteiger partial charge in [0, 0.05) is 30.9 Å². The molecule has 2 amide bonds. The first-order valence-electron chi connectivity index (χ1n) is 6.68. The number of urea groups is 1.